The van der Waals surface area contributed by atoms with Crippen LogP contribution in [0.25, 0.3) is 0 Å². The number of thioether (sulfide) groups is 1. The molecule has 0 aromatic heterocycles. The smallest absolute Gasteiger partial charge is 0.317 e. The van der Waals surface area contributed by atoms with Crippen molar-refractivity contribution in [2.24, 2.45) is 0 Å². The SMILES string of the molecule is CN(C)Cc1cc(CNC(=O)N2CCSCC2)ccc1F. The summed E-state index contributed by atoms with van der Waals surface area (Å²) in [6.45, 7) is 2.58. The van der Waals surface area contributed by atoms with E-state index in [2.05, 4.69) is 5.32 Å². The number of hydrogen-bond donors (Lipinski definition) is 1. The fraction of sp³-hybridized carbons (Fsp3) is 0.533. The van der Waals surface area contributed by atoms with E-state index in [1.165, 1.54) is 6.07 Å². The largest absolute Gasteiger partial charge is 0.334 e. The lowest BCUT2D eigenvalue weighted by atomic mass is 10.1. The lowest BCUT2D eigenvalue weighted by molar-refractivity contribution is 0.202. The highest BCUT2D eigenvalue weighted by atomic mass is 32.2. The van der Waals surface area contributed by atoms with Gasteiger partial charge in [0.25, 0.3) is 0 Å². The van der Waals surface area contributed by atoms with Gasteiger partial charge in [-0.1, -0.05) is 6.07 Å². The van der Waals surface area contributed by atoms with Gasteiger partial charge in [0.1, 0.15) is 5.82 Å². The Hall–Kier alpha value is -1.27. The van der Waals surface area contributed by atoms with Crippen molar-refractivity contribution < 1.29 is 9.18 Å². The van der Waals surface area contributed by atoms with Crippen LogP contribution < -0.4 is 5.32 Å². The Bertz CT molecular complexity index is 490. The highest BCUT2D eigenvalue weighted by Gasteiger charge is 2.16. The molecule has 1 aliphatic heterocycles. The van der Waals surface area contributed by atoms with Crippen LogP contribution in [0.3, 0.4) is 0 Å². The van der Waals surface area contributed by atoms with Gasteiger partial charge >= 0.3 is 6.03 Å². The van der Waals surface area contributed by atoms with Crippen molar-refractivity contribution in [1.29, 1.82) is 0 Å². The molecule has 0 bridgehead atoms. The van der Waals surface area contributed by atoms with E-state index < -0.39 is 0 Å². The lowest BCUT2D eigenvalue weighted by Gasteiger charge is -2.26. The Morgan fingerprint density at radius 3 is 2.76 bits per heavy atom. The maximum Gasteiger partial charge on any atom is 0.317 e. The van der Waals surface area contributed by atoms with Gasteiger partial charge in [0, 0.05) is 43.2 Å². The van der Waals surface area contributed by atoms with Crippen LogP contribution in [0.5, 0.6) is 0 Å². The number of nitrogens with zero attached hydrogens (tertiary/aromatic N) is 2. The molecule has 116 valence electrons. The fourth-order valence-corrected chi connectivity index (χ4v) is 3.16. The van der Waals surface area contributed by atoms with Gasteiger partial charge in [-0.2, -0.15) is 11.8 Å². The summed E-state index contributed by atoms with van der Waals surface area (Å²) < 4.78 is 13.7. The molecular weight excluding hydrogens is 289 g/mol. The molecule has 0 aliphatic carbocycles. The number of amides is 2. The molecule has 1 fully saturated rings. The third-order valence-electron chi connectivity index (χ3n) is 3.34. The van der Waals surface area contributed by atoms with E-state index in [9.17, 15) is 9.18 Å². The van der Waals surface area contributed by atoms with Gasteiger partial charge in [0.15, 0.2) is 0 Å². The molecule has 1 aliphatic rings. The van der Waals surface area contributed by atoms with Crippen LogP contribution >= 0.6 is 11.8 Å². The predicted molar refractivity (Wildman–Crippen MR) is 84.9 cm³/mol. The number of benzene rings is 1. The second-order valence-electron chi connectivity index (χ2n) is 5.42. The van der Waals surface area contributed by atoms with Crippen LogP contribution in [0, 0.1) is 5.82 Å². The van der Waals surface area contributed by atoms with Gasteiger partial charge in [-0.05, 0) is 31.8 Å². The summed E-state index contributed by atoms with van der Waals surface area (Å²) in [5, 5.41) is 2.91. The maximum atomic E-state index is 13.7. The molecule has 0 radical (unpaired) electrons. The summed E-state index contributed by atoms with van der Waals surface area (Å²) in [5.74, 6) is 1.79. The number of carbonyl (C=O) groups is 1. The van der Waals surface area contributed by atoms with E-state index in [4.69, 9.17) is 0 Å². The van der Waals surface area contributed by atoms with E-state index in [1.807, 2.05) is 41.7 Å². The minimum Gasteiger partial charge on any atom is -0.334 e. The molecule has 1 heterocycles. The summed E-state index contributed by atoms with van der Waals surface area (Å²) in [4.78, 5) is 15.8. The molecule has 1 saturated heterocycles. The van der Waals surface area contributed by atoms with Crippen molar-refractivity contribution in [3.8, 4) is 0 Å². The Kier molecular flexibility index (Phi) is 5.87. The first-order chi connectivity index (χ1) is 10.1. The number of nitrogens with one attached hydrogen (secondary N) is 1. The average Bonchev–Trinajstić information content (AvgIpc) is 2.48. The number of rotatable bonds is 4. The first-order valence-corrected chi connectivity index (χ1v) is 8.24. The normalized spacial score (nSPS) is 15.3. The van der Waals surface area contributed by atoms with Gasteiger partial charge in [-0.25, -0.2) is 9.18 Å². The highest BCUT2D eigenvalue weighted by molar-refractivity contribution is 7.99. The van der Waals surface area contributed by atoms with Crippen molar-refractivity contribution in [2.75, 3.05) is 38.7 Å². The van der Waals surface area contributed by atoms with Crippen LogP contribution in [0.15, 0.2) is 18.2 Å². The van der Waals surface area contributed by atoms with Gasteiger partial charge in [0.2, 0.25) is 0 Å². The van der Waals surface area contributed by atoms with Crippen molar-refractivity contribution in [1.82, 2.24) is 15.1 Å². The molecule has 4 nitrogen and oxygen atoms in total. The molecule has 1 aromatic carbocycles. The molecule has 2 amide bonds. The number of carbonyl (C=O) groups excluding carboxylic acids is 1. The summed E-state index contributed by atoms with van der Waals surface area (Å²) in [6.07, 6.45) is 0. The van der Waals surface area contributed by atoms with Gasteiger partial charge in [0.05, 0.1) is 0 Å². The fourth-order valence-electron chi connectivity index (χ4n) is 2.26. The summed E-state index contributed by atoms with van der Waals surface area (Å²) >= 11 is 1.87. The third kappa shape index (κ3) is 4.89. The van der Waals surface area contributed by atoms with Crippen molar-refractivity contribution >= 4 is 17.8 Å². The van der Waals surface area contributed by atoms with E-state index >= 15 is 0 Å². The van der Waals surface area contributed by atoms with Crippen molar-refractivity contribution in [3.05, 3.63) is 35.1 Å². The average molecular weight is 311 g/mol. The molecule has 21 heavy (non-hydrogen) atoms. The lowest BCUT2D eigenvalue weighted by Crippen LogP contribution is -2.44. The van der Waals surface area contributed by atoms with Crippen LogP contribution in [0.4, 0.5) is 9.18 Å². The predicted octanol–water partition coefficient (Wildman–Crippen LogP) is 2.15. The number of halogens is 1. The van der Waals surface area contributed by atoms with Crippen molar-refractivity contribution in [3.63, 3.8) is 0 Å². The summed E-state index contributed by atoms with van der Waals surface area (Å²) in [5.41, 5.74) is 1.58. The Labute approximate surface area is 129 Å². The molecule has 0 spiro atoms. The second-order valence-corrected chi connectivity index (χ2v) is 6.65. The van der Waals surface area contributed by atoms with Crippen LogP contribution in [-0.2, 0) is 13.1 Å². The Morgan fingerprint density at radius 1 is 1.38 bits per heavy atom. The van der Waals surface area contributed by atoms with Crippen LogP contribution in [0.1, 0.15) is 11.1 Å². The zero-order chi connectivity index (χ0) is 15.2. The van der Waals surface area contributed by atoms with Crippen LogP contribution in [-0.4, -0.2) is 54.5 Å². The standard InChI is InChI=1S/C15H22FN3OS/c1-18(2)11-13-9-12(3-4-14(13)16)10-17-15(20)19-5-7-21-8-6-19/h3-4,9H,5-8,10-11H2,1-2H3,(H,17,20). The summed E-state index contributed by atoms with van der Waals surface area (Å²) in [6, 6.07) is 4.98. The quantitative estimate of drug-likeness (QED) is 0.925. The van der Waals surface area contributed by atoms with E-state index in [-0.39, 0.29) is 11.8 Å². The minimum absolute atomic E-state index is 0.0335. The maximum absolute atomic E-state index is 13.7. The first kappa shape index (κ1) is 16.1. The zero-order valence-electron chi connectivity index (χ0n) is 12.6. The minimum atomic E-state index is -0.202. The van der Waals surface area contributed by atoms with E-state index in [0.29, 0.717) is 18.7 Å². The number of urea groups is 1. The Balaban J connectivity index is 1.91. The van der Waals surface area contributed by atoms with E-state index in [0.717, 1.165) is 30.2 Å². The zero-order valence-corrected chi connectivity index (χ0v) is 13.4. The molecule has 1 N–H and O–H groups in total. The second kappa shape index (κ2) is 7.66. The molecule has 0 unspecified atom stereocenters. The monoisotopic (exact) mass is 311 g/mol. The molecule has 0 atom stereocenters. The van der Waals surface area contributed by atoms with Crippen LogP contribution in [0.2, 0.25) is 0 Å². The molecule has 2 rings (SSSR count). The van der Waals surface area contributed by atoms with Gasteiger partial charge in [-0.3, -0.25) is 0 Å². The van der Waals surface area contributed by atoms with Gasteiger partial charge < -0.3 is 15.1 Å². The molecule has 6 heteroatoms. The molecule has 0 saturated carbocycles. The topological polar surface area (TPSA) is 35.6 Å². The Morgan fingerprint density at radius 2 is 2.10 bits per heavy atom. The molecular formula is C15H22FN3OS. The first-order valence-electron chi connectivity index (χ1n) is 7.09. The molecule has 1 aromatic rings. The van der Waals surface area contributed by atoms with Gasteiger partial charge in [-0.15, -0.1) is 0 Å². The third-order valence-corrected chi connectivity index (χ3v) is 4.28. The summed E-state index contributed by atoms with van der Waals surface area (Å²) in [7, 11) is 3.81. The van der Waals surface area contributed by atoms with Crippen molar-refractivity contribution in [2.45, 2.75) is 13.1 Å². The van der Waals surface area contributed by atoms with E-state index in [1.54, 1.807) is 6.07 Å². The highest BCUT2D eigenvalue weighted by Crippen LogP contribution is 2.13. The number of hydrogen-bond acceptors (Lipinski definition) is 3.